The predicted molar refractivity (Wildman–Crippen MR) is 119 cm³/mol. The Morgan fingerprint density at radius 3 is 1.80 bits per heavy atom. The summed E-state index contributed by atoms with van der Waals surface area (Å²) in [4.78, 5) is 3.51. The van der Waals surface area contributed by atoms with Gasteiger partial charge in [-0.2, -0.15) is 0 Å². The highest BCUT2D eigenvalue weighted by Crippen LogP contribution is 2.27. The molecule has 2 rings (SSSR count). The van der Waals surface area contributed by atoms with Crippen LogP contribution in [0.25, 0.3) is 0 Å². The van der Waals surface area contributed by atoms with Crippen LogP contribution in [0.15, 0.2) is 93.1 Å². The summed E-state index contributed by atoms with van der Waals surface area (Å²) in [6, 6.07) is 18.5. The Kier molecular flexibility index (Phi) is 14.1. The Bertz CT molecular complexity index is 608. The molecule has 0 N–H and O–H groups in total. The van der Waals surface area contributed by atoms with Crippen molar-refractivity contribution in [3.05, 3.63) is 78.4 Å². The van der Waals surface area contributed by atoms with Gasteiger partial charge in [0.05, 0.1) is 0 Å². The van der Waals surface area contributed by atoms with Crippen LogP contribution in [-0.2, 0) is 0 Å². The molecule has 0 heterocycles. The van der Waals surface area contributed by atoms with Crippen LogP contribution in [0.3, 0.4) is 0 Å². The molecular formula is C23H32S2. The van der Waals surface area contributed by atoms with Crippen molar-refractivity contribution in [2.24, 2.45) is 5.92 Å². The summed E-state index contributed by atoms with van der Waals surface area (Å²) in [5.41, 5.74) is 1.41. The van der Waals surface area contributed by atoms with E-state index in [1.807, 2.05) is 39.0 Å². The maximum atomic E-state index is 4.25. The second-order valence-corrected chi connectivity index (χ2v) is 7.02. The fraction of sp³-hybridized carbons (Fsp3) is 0.304. The first-order valence-electron chi connectivity index (χ1n) is 8.87. The molecule has 0 radical (unpaired) electrons. The molecule has 0 unspecified atom stereocenters. The Labute approximate surface area is 164 Å². The Morgan fingerprint density at radius 1 is 0.880 bits per heavy atom. The first kappa shape index (κ1) is 23.6. The molecule has 0 aliphatic rings. The molecule has 0 aliphatic heterocycles. The fourth-order valence-corrected chi connectivity index (χ4v) is 2.94. The second kappa shape index (κ2) is 14.9. The summed E-state index contributed by atoms with van der Waals surface area (Å²) in [6.07, 6.45) is 6.39. The van der Waals surface area contributed by atoms with Gasteiger partial charge in [-0.25, -0.2) is 0 Å². The van der Waals surface area contributed by atoms with Gasteiger partial charge in [-0.05, 0) is 56.2 Å². The van der Waals surface area contributed by atoms with Gasteiger partial charge in [0.15, 0.2) is 0 Å². The molecule has 0 atom stereocenters. The lowest BCUT2D eigenvalue weighted by atomic mass is 10.0. The topological polar surface area (TPSA) is 0 Å². The highest BCUT2D eigenvalue weighted by molar-refractivity contribution is 7.99. The van der Waals surface area contributed by atoms with E-state index in [1.165, 1.54) is 15.4 Å². The maximum absolute atomic E-state index is 4.25. The lowest BCUT2D eigenvalue weighted by molar-refractivity contribution is 0.789. The molecule has 2 aromatic carbocycles. The Balaban J connectivity index is 0.000000458. The average molecular weight is 373 g/mol. The normalized spacial score (nSPS) is 10.8. The largest absolute Gasteiger partial charge is 0.143 e. The minimum atomic E-state index is 0.659. The molecule has 0 nitrogen and oxygen atoms in total. The zero-order valence-corrected chi connectivity index (χ0v) is 18.1. The van der Waals surface area contributed by atoms with E-state index in [4.69, 9.17) is 0 Å². The lowest BCUT2D eigenvalue weighted by Gasteiger charge is -2.03. The molecule has 25 heavy (non-hydrogen) atoms. The van der Waals surface area contributed by atoms with Gasteiger partial charge in [0.25, 0.3) is 0 Å². The van der Waals surface area contributed by atoms with Crippen molar-refractivity contribution in [1.29, 1.82) is 0 Å². The van der Waals surface area contributed by atoms with Crippen LogP contribution < -0.4 is 0 Å². The first-order chi connectivity index (χ1) is 12.1. The smallest absolute Gasteiger partial charge is 0.0123 e. The van der Waals surface area contributed by atoms with E-state index in [0.29, 0.717) is 5.92 Å². The third kappa shape index (κ3) is 11.0. The summed E-state index contributed by atoms with van der Waals surface area (Å²) in [5, 5.41) is 0. The predicted octanol–water partition coefficient (Wildman–Crippen LogP) is 8.32. The van der Waals surface area contributed by atoms with Crippen molar-refractivity contribution in [1.82, 2.24) is 0 Å². The Hall–Kier alpha value is -1.38. The van der Waals surface area contributed by atoms with Gasteiger partial charge in [-0.1, -0.05) is 81.5 Å². The lowest BCUT2D eigenvalue weighted by Crippen LogP contribution is -1.88. The maximum Gasteiger partial charge on any atom is 0.0123 e. The van der Waals surface area contributed by atoms with Gasteiger partial charge in [-0.3, -0.25) is 0 Å². The number of allylic oxidation sites excluding steroid dienone is 4. The van der Waals surface area contributed by atoms with Crippen LogP contribution in [0.2, 0.25) is 0 Å². The Morgan fingerprint density at radius 2 is 1.40 bits per heavy atom. The van der Waals surface area contributed by atoms with E-state index in [-0.39, 0.29) is 0 Å². The van der Waals surface area contributed by atoms with Gasteiger partial charge in [-0.15, -0.1) is 12.6 Å². The van der Waals surface area contributed by atoms with Crippen LogP contribution in [-0.4, -0.2) is 0 Å². The van der Waals surface area contributed by atoms with Crippen LogP contribution in [0.5, 0.6) is 0 Å². The molecule has 136 valence electrons. The zero-order chi connectivity index (χ0) is 19.1. The second-order valence-electron chi connectivity index (χ2n) is 5.35. The average Bonchev–Trinajstić information content (AvgIpc) is 2.64. The van der Waals surface area contributed by atoms with E-state index in [2.05, 4.69) is 88.0 Å². The fourth-order valence-electron chi connectivity index (χ4n) is 1.95. The molecule has 0 aromatic heterocycles. The molecule has 2 aromatic rings. The standard InChI is InChI=1S/C12H10S2.C9H16.C2H6/c13-10-6-8-12(9-7-10)14-11-4-2-1-3-5-11;1-5-7-9(6-2)8(3)4;1-2/h1-9,13H;5-8H,1-4H3;1-2H3/b;7-5-,9-6+;. The van der Waals surface area contributed by atoms with Gasteiger partial charge in [0.2, 0.25) is 0 Å². The molecule has 0 amide bonds. The minimum Gasteiger partial charge on any atom is -0.143 e. The van der Waals surface area contributed by atoms with Crippen molar-refractivity contribution in [2.75, 3.05) is 0 Å². The van der Waals surface area contributed by atoms with E-state index >= 15 is 0 Å². The summed E-state index contributed by atoms with van der Waals surface area (Å²) in [7, 11) is 0. The van der Waals surface area contributed by atoms with Crippen LogP contribution in [0, 0.1) is 5.92 Å². The third-order valence-electron chi connectivity index (χ3n) is 3.17. The van der Waals surface area contributed by atoms with Gasteiger partial charge >= 0.3 is 0 Å². The molecule has 0 saturated heterocycles. The van der Waals surface area contributed by atoms with Crippen LogP contribution >= 0.6 is 24.4 Å². The quantitative estimate of drug-likeness (QED) is 0.416. The zero-order valence-electron chi connectivity index (χ0n) is 16.4. The van der Waals surface area contributed by atoms with E-state index in [1.54, 1.807) is 11.8 Å². The number of hydrogen-bond donors (Lipinski definition) is 1. The van der Waals surface area contributed by atoms with Crippen LogP contribution in [0.4, 0.5) is 0 Å². The van der Waals surface area contributed by atoms with E-state index in [9.17, 15) is 0 Å². The summed E-state index contributed by atoms with van der Waals surface area (Å²) in [6.45, 7) is 12.5. The van der Waals surface area contributed by atoms with Crippen LogP contribution in [0.1, 0.15) is 41.5 Å². The third-order valence-corrected chi connectivity index (χ3v) is 4.49. The minimum absolute atomic E-state index is 0.659. The summed E-state index contributed by atoms with van der Waals surface area (Å²) in [5.74, 6) is 0.659. The molecular weight excluding hydrogens is 340 g/mol. The highest BCUT2D eigenvalue weighted by Gasteiger charge is 1.95. The van der Waals surface area contributed by atoms with Gasteiger partial charge < -0.3 is 0 Å². The van der Waals surface area contributed by atoms with Gasteiger partial charge in [0, 0.05) is 14.7 Å². The van der Waals surface area contributed by atoms with Crippen molar-refractivity contribution >= 4 is 24.4 Å². The van der Waals surface area contributed by atoms with Crippen molar-refractivity contribution in [3.63, 3.8) is 0 Å². The van der Waals surface area contributed by atoms with E-state index < -0.39 is 0 Å². The first-order valence-corrected chi connectivity index (χ1v) is 10.1. The molecule has 0 aliphatic carbocycles. The van der Waals surface area contributed by atoms with Gasteiger partial charge in [0.1, 0.15) is 0 Å². The summed E-state index contributed by atoms with van der Waals surface area (Å²) >= 11 is 6.01. The van der Waals surface area contributed by atoms with Crippen molar-refractivity contribution < 1.29 is 0 Å². The summed E-state index contributed by atoms with van der Waals surface area (Å²) < 4.78 is 0. The SMILES string of the molecule is C/C=C\C(=C/C)C(C)C.CC.Sc1ccc(Sc2ccccc2)cc1. The molecule has 0 saturated carbocycles. The van der Waals surface area contributed by atoms with E-state index in [0.717, 1.165) is 4.90 Å². The van der Waals surface area contributed by atoms with Crippen molar-refractivity contribution in [2.45, 2.75) is 56.2 Å². The number of hydrogen-bond acceptors (Lipinski definition) is 2. The number of thiol groups is 1. The number of rotatable bonds is 4. The highest BCUT2D eigenvalue weighted by atomic mass is 32.2. The number of benzene rings is 2. The molecule has 0 bridgehead atoms. The molecule has 0 spiro atoms. The monoisotopic (exact) mass is 372 g/mol. The van der Waals surface area contributed by atoms with Crippen molar-refractivity contribution in [3.8, 4) is 0 Å². The molecule has 2 heteroatoms. The molecule has 0 fully saturated rings.